The van der Waals surface area contributed by atoms with Gasteiger partial charge >= 0.3 is 0 Å². The SMILES string of the molecule is CCOc1c(Br)cc(CNC(C)c2nc(C)cs2)cc1Br. The molecule has 2 rings (SSSR count). The third-order valence-electron chi connectivity index (χ3n) is 2.97. The number of benzene rings is 1. The van der Waals surface area contributed by atoms with Gasteiger partial charge in [0.15, 0.2) is 0 Å². The highest BCUT2D eigenvalue weighted by Gasteiger charge is 2.11. The first-order chi connectivity index (χ1) is 10.0. The van der Waals surface area contributed by atoms with Gasteiger partial charge in [-0.25, -0.2) is 4.98 Å². The summed E-state index contributed by atoms with van der Waals surface area (Å²) < 4.78 is 7.53. The van der Waals surface area contributed by atoms with E-state index in [0.717, 1.165) is 31.9 Å². The van der Waals surface area contributed by atoms with Crippen LogP contribution in [0.5, 0.6) is 5.75 Å². The number of hydrogen-bond donors (Lipinski definition) is 1. The summed E-state index contributed by atoms with van der Waals surface area (Å²) in [6.45, 7) is 7.56. The van der Waals surface area contributed by atoms with Crippen LogP contribution in [-0.4, -0.2) is 11.6 Å². The van der Waals surface area contributed by atoms with Gasteiger partial charge in [-0.1, -0.05) is 0 Å². The van der Waals surface area contributed by atoms with Crippen LogP contribution >= 0.6 is 43.2 Å². The molecule has 0 fully saturated rings. The summed E-state index contributed by atoms with van der Waals surface area (Å²) in [5.41, 5.74) is 2.27. The summed E-state index contributed by atoms with van der Waals surface area (Å²) >= 11 is 8.82. The Morgan fingerprint density at radius 1 is 1.33 bits per heavy atom. The van der Waals surface area contributed by atoms with E-state index < -0.39 is 0 Å². The lowest BCUT2D eigenvalue weighted by Gasteiger charge is -2.14. The molecule has 1 N–H and O–H groups in total. The van der Waals surface area contributed by atoms with Gasteiger partial charge in [0.25, 0.3) is 0 Å². The predicted molar refractivity (Wildman–Crippen MR) is 95.1 cm³/mol. The Labute approximate surface area is 146 Å². The lowest BCUT2D eigenvalue weighted by Crippen LogP contribution is -2.18. The molecule has 0 aliphatic carbocycles. The molecule has 0 amide bonds. The van der Waals surface area contributed by atoms with E-state index in [1.807, 2.05) is 13.8 Å². The molecule has 0 aliphatic heterocycles. The molecule has 2 aromatic rings. The van der Waals surface area contributed by atoms with Crippen molar-refractivity contribution in [3.63, 3.8) is 0 Å². The predicted octanol–water partition coefficient (Wildman–Crippen LogP) is 5.23. The van der Waals surface area contributed by atoms with Gasteiger partial charge in [0.2, 0.25) is 0 Å². The smallest absolute Gasteiger partial charge is 0.147 e. The fraction of sp³-hybridized carbons (Fsp3) is 0.400. The van der Waals surface area contributed by atoms with Crippen LogP contribution in [0.4, 0.5) is 0 Å². The Kier molecular flexibility index (Phi) is 6.22. The van der Waals surface area contributed by atoms with Crippen molar-refractivity contribution in [1.29, 1.82) is 0 Å². The van der Waals surface area contributed by atoms with E-state index in [9.17, 15) is 0 Å². The fourth-order valence-electron chi connectivity index (χ4n) is 1.93. The number of aromatic nitrogens is 1. The second-order valence-electron chi connectivity index (χ2n) is 4.75. The third kappa shape index (κ3) is 4.52. The number of hydrogen-bond acceptors (Lipinski definition) is 4. The van der Waals surface area contributed by atoms with Crippen molar-refractivity contribution in [2.24, 2.45) is 0 Å². The maximum absolute atomic E-state index is 5.60. The average molecular weight is 434 g/mol. The molecular formula is C15H18Br2N2OS. The van der Waals surface area contributed by atoms with Crippen LogP contribution in [0.3, 0.4) is 0 Å². The van der Waals surface area contributed by atoms with Gasteiger partial charge in [0.1, 0.15) is 10.8 Å². The normalized spacial score (nSPS) is 12.4. The zero-order chi connectivity index (χ0) is 15.4. The van der Waals surface area contributed by atoms with Crippen molar-refractivity contribution in [3.05, 3.63) is 42.7 Å². The molecule has 1 heterocycles. The number of nitrogens with zero attached hydrogens (tertiary/aromatic N) is 1. The van der Waals surface area contributed by atoms with Gasteiger partial charge in [0.05, 0.1) is 21.6 Å². The molecule has 6 heteroatoms. The van der Waals surface area contributed by atoms with Gasteiger partial charge in [-0.15, -0.1) is 11.3 Å². The molecule has 0 saturated carbocycles. The third-order valence-corrected chi connectivity index (χ3v) is 5.29. The van der Waals surface area contributed by atoms with Crippen molar-refractivity contribution in [1.82, 2.24) is 10.3 Å². The zero-order valence-corrected chi connectivity index (χ0v) is 16.2. The lowest BCUT2D eigenvalue weighted by atomic mass is 10.2. The van der Waals surface area contributed by atoms with Crippen molar-refractivity contribution in [2.45, 2.75) is 33.4 Å². The van der Waals surface area contributed by atoms with Gasteiger partial charge in [-0.05, 0) is 70.3 Å². The van der Waals surface area contributed by atoms with E-state index >= 15 is 0 Å². The van der Waals surface area contributed by atoms with Crippen LogP contribution in [0.15, 0.2) is 26.5 Å². The first-order valence-electron chi connectivity index (χ1n) is 6.77. The molecule has 0 spiro atoms. The fourth-order valence-corrected chi connectivity index (χ4v) is 4.26. The van der Waals surface area contributed by atoms with E-state index in [-0.39, 0.29) is 6.04 Å². The summed E-state index contributed by atoms with van der Waals surface area (Å²) in [6.07, 6.45) is 0. The summed E-state index contributed by atoms with van der Waals surface area (Å²) in [5.74, 6) is 0.852. The Bertz CT molecular complexity index is 592. The molecule has 0 saturated heterocycles. The Morgan fingerprint density at radius 3 is 2.52 bits per heavy atom. The monoisotopic (exact) mass is 432 g/mol. The lowest BCUT2D eigenvalue weighted by molar-refractivity contribution is 0.336. The highest BCUT2D eigenvalue weighted by molar-refractivity contribution is 9.11. The van der Waals surface area contributed by atoms with E-state index in [1.54, 1.807) is 11.3 Å². The van der Waals surface area contributed by atoms with Crippen molar-refractivity contribution >= 4 is 43.2 Å². The van der Waals surface area contributed by atoms with Crippen LogP contribution in [0.25, 0.3) is 0 Å². The molecule has 1 atom stereocenters. The maximum atomic E-state index is 5.60. The van der Waals surface area contributed by atoms with Crippen molar-refractivity contribution in [3.8, 4) is 5.75 Å². The molecule has 0 bridgehead atoms. The topological polar surface area (TPSA) is 34.1 Å². The van der Waals surface area contributed by atoms with Crippen LogP contribution in [0.2, 0.25) is 0 Å². The van der Waals surface area contributed by atoms with Crippen LogP contribution in [0, 0.1) is 6.92 Å². The number of ether oxygens (including phenoxy) is 1. The first kappa shape index (κ1) is 16.9. The molecule has 114 valence electrons. The molecular weight excluding hydrogens is 416 g/mol. The summed E-state index contributed by atoms with van der Waals surface area (Å²) in [7, 11) is 0. The van der Waals surface area contributed by atoms with Gasteiger partial charge < -0.3 is 10.1 Å². The highest BCUT2D eigenvalue weighted by Crippen LogP contribution is 2.35. The molecule has 1 unspecified atom stereocenters. The van der Waals surface area contributed by atoms with E-state index in [1.165, 1.54) is 5.56 Å². The number of aryl methyl sites for hydroxylation is 1. The largest absolute Gasteiger partial charge is 0.492 e. The second kappa shape index (κ2) is 7.72. The number of thiazole rings is 1. The molecule has 1 aromatic heterocycles. The Morgan fingerprint density at radius 2 is 2.00 bits per heavy atom. The minimum atomic E-state index is 0.243. The standard InChI is InChI=1S/C15H18Br2N2OS/c1-4-20-14-12(16)5-11(6-13(14)17)7-18-10(3)15-19-9(2)8-21-15/h5-6,8,10,18H,4,7H2,1-3H3. The van der Waals surface area contributed by atoms with Gasteiger partial charge in [0, 0.05) is 17.6 Å². The van der Waals surface area contributed by atoms with E-state index in [0.29, 0.717) is 6.61 Å². The summed E-state index contributed by atoms with van der Waals surface area (Å²) in [5, 5.41) is 6.70. The van der Waals surface area contributed by atoms with Crippen molar-refractivity contribution in [2.75, 3.05) is 6.61 Å². The van der Waals surface area contributed by atoms with E-state index in [2.05, 4.69) is 66.6 Å². The number of rotatable bonds is 6. The average Bonchev–Trinajstić information content (AvgIpc) is 2.87. The summed E-state index contributed by atoms with van der Waals surface area (Å²) in [4.78, 5) is 4.51. The molecule has 0 aliphatic rings. The Balaban J connectivity index is 2.03. The van der Waals surface area contributed by atoms with Crippen LogP contribution in [0.1, 0.15) is 36.2 Å². The molecule has 0 radical (unpaired) electrons. The second-order valence-corrected chi connectivity index (χ2v) is 7.35. The summed E-state index contributed by atoms with van der Waals surface area (Å²) in [6, 6.07) is 4.42. The first-order valence-corrected chi connectivity index (χ1v) is 9.24. The van der Waals surface area contributed by atoms with Crippen LogP contribution in [-0.2, 0) is 6.54 Å². The molecule has 21 heavy (non-hydrogen) atoms. The van der Waals surface area contributed by atoms with E-state index in [4.69, 9.17) is 4.74 Å². The number of halogens is 2. The number of nitrogens with one attached hydrogen (secondary N) is 1. The molecule has 3 nitrogen and oxygen atoms in total. The minimum absolute atomic E-state index is 0.243. The minimum Gasteiger partial charge on any atom is -0.492 e. The Hall–Kier alpha value is -0.430. The maximum Gasteiger partial charge on any atom is 0.147 e. The van der Waals surface area contributed by atoms with Crippen LogP contribution < -0.4 is 10.1 Å². The highest BCUT2D eigenvalue weighted by atomic mass is 79.9. The zero-order valence-electron chi connectivity index (χ0n) is 12.2. The molecule has 1 aromatic carbocycles. The quantitative estimate of drug-likeness (QED) is 0.677. The van der Waals surface area contributed by atoms with Gasteiger partial charge in [-0.2, -0.15) is 0 Å². The van der Waals surface area contributed by atoms with Crippen molar-refractivity contribution < 1.29 is 4.74 Å². The van der Waals surface area contributed by atoms with Gasteiger partial charge in [-0.3, -0.25) is 0 Å².